The highest BCUT2D eigenvalue weighted by molar-refractivity contribution is 6.29. The van der Waals surface area contributed by atoms with Crippen molar-refractivity contribution in [3.8, 4) is 0 Å². The number of pyridine rings is 1. The minimum Gasteiger partial charge on any atom is -0.370 e. The van der Waals surface area contributed by atoms with Crippen molar-refractivity contribution in [3.05, 3.63) is 64.9 Å². The first kappa shape index (κ1) is 14.3. The van der Waals surface area contributed by atoms with Crippen LogP contribution in [0.1, 0.15) is 11.1 Å². The molecule has 0 saturated heterocycles. The topological polar surface area (TPSA) is 63.3 Å². The summed E-state index contributed by atoms with van der Waals surface area (Å²) in [7, 11) is 0. The predicted molar refractivity (Wildman–Crippen MR) is 82.7 cm³/mol. The Morgan fingerprint density at radius 1 is 1.15 bits per heavy atom. The van der Waals surface area contributed by atoms with Gasteiger partial charge in [-0.2, -0.15) is 0 Å². The summed E-state index contributed by atoms with van der Waals surface area (Å²) in [5.74, 6) is 0.441. The number of rotatable bonds is 5. The third kappa shape index (κ3) is 4.90. The van der Waals surface area contributed by atoms with Gasteiger partial charge in [0.25, 0.3) is 0 Å². The van der Waals surface area contributed by atoms with E-state index in [-0.39, 0.29) is 0 Å². The summed E-state index contributed by atoms with van der Waals surface area (Å²) < 4.78 is 0. The van der Waals surface area contributed by atoms with Crippen LogP contribution >= 0.6 is 11.6 Å². The van der Waals surface area contributed by atoms with Crippen molar-refractivity contribution in [3.63, 3.8) is 0 Å². The number of halogens is 1. The van der Waals surface area contributed by atoms with Crippen molar-refractivity contribution in [2.45, 2.75) is 13.0 Å². The van der Waals surface area contributed by atoms with E-state index in [2.05, 4.69) is 27.4 Å². The Bertz CT molecular complexity index is 552. The Kier molecular flexibility index (Phi) is 5.38. The van der Waals surface area contributed by atoms with Crippen LogP contribution in [0, 0.1) is 0 Å². The van der Waals surface area contributed by atoms with Gasteiger partial charge in [-0.3, -0.25) is 0 Å². The van der Waals surface area contributed by atoms with E-state index in [4.69, 9.17) is 17.3 Å². The first-order valence-corrected chi connectivity index (χ1v) is 6.80. The SMILES string of the molecule is NC(=NCc1ccc(Cl)nc1)NCCc1ccccc1. The van der Waals surface area contributed by atoms with E-state index in [1.54, 1.807) is 12.3 Å². The summed E-state index contributed by atoms with van der Waals surface area (Å²) in [5.41, 5.74) is 8.06. The van der Waals surface area contributed by atoms with Crippen molar-refractivity contribution < 1.29 is 0 Å². The van der Waals surface area contributed by atoms with E-state index in [1.807, 2.05) is 24.3 Å². The van der Waals surface area contributed by atoms with Gasteiger partial charge in [0.2, 0.25) is 0 Å². The smallest absolute Gasteiger partial charge is 0.188 e. The van der Waals surface area contributed by atoms with Crippen LogP contribution < -0.4 is 11.1 Å². The lowest BCUT2D eigenvalue weighted by Gasteiger charge is -2.05. The van der Waals surface area contributed by atoms with Gasteiger partial charge in [-0.05, 0) is 23.6 Å². The number of guanidine groups is 1. The minimum atomic E-state index is 0.441. The zero-order valence-electron chi connectivity index (χ0n) is 11.1. The number of benzene rings is 1. The van der Waals surface area contributed by atoms with Crippen LogP contribution in [0.5, 0.6) is 0 Å². The third-order valence-electron chi connectivity index (χ3n) is 2.78. The second kappa shape index (κ2) is 7.50. The number of nitrogens with zero attached hydrogens (tertiary/aromatic N) is 2. The van der Waals surface area contributed by atoms with Gasteiger partial charge in [-0.25, -0.2) is 9.98 Å². The molecule has 0 saturated carbocycles. The summed E-state index contributed by atoms with van der Waals surface area (Å²) in [6, 6.07) is 13.9. The van der Waals surface area contributed by atoms with Crippen molar-refractivity contribution in [1.29, 1.82) is 0 Å². The maximum absolute atomic E-state index is 5.81. The second-order valence-corrected chi connectivity index (χ2v) is 4.74. The lowest BCUT2D eigenvalue weighted by Crippen LogP contribution is -2.33. The molecule has 1 aromatic heterocycles. The second-order valence-electron chi connectivity index (χ2n) is 4.35. The van der Waals surface area contributed by atoms with E-state index in [1.165, 1.54) is 5.56 Å². The van der Waals surface area contributed by atoms with Crippen LogP contribution in [-0.2, 0) is 13.0 Å². The maximum atomic E-state index is 5.81. The van der Waals surface area contributed by atoms with E-state index in [0.29, 0.717) is 17.7 Å². The molecule has 20 heavy (non-hydrogen) atoms. The quantitative estimate of drug-likeness (QED) is 0.504. The standard InChI is InChI=1S/C15H17ClN4/c16-14-7-6-13(10-19-14)11-20-15(17)18-9-8-12-4-2-1-3-5-12/h1-7,10H,8-9,11H2,(H3,17,18,20). The van der Waals surface area contributed by atoms with E-state index < -0.39 is 0 Å². The normalized spacial score (nSPS) is 11.3. The third-order valence-corrected chi connectivity index (χ3v) is 3.01. The number of hydrogen-bond donors (Lipinski definition) is 2. The van der Waals surface area contributed by atoms with E-state index in [9.17, 15) is 0 Å². The fourth-order valence-electron chi connectivity index (χ4n) is 1.71. The molecule has 4 nitrogen and oxygen atoms in total. The Morgan fingerprint density at radius 3 is 2.65 bits per heavy atom. The number of nitrogens with one attached hydrogen (secondary N) is 1. The van der Waals surface area contributed by atoms with Gasteiger partial charge in [0.1, 0.15) is 5.15 Å². The molecule has 0 fully saturated rings. The summed E-state index contributed by atoms with van der Waals surface area (Å²) >= 11 is 5.72. The molecule has 0 unspecified atom stereocenters. The number of aromatic nitrogens is 1. The fraction of sp³-hybridized carbons (Fsp3) is 0.200. The molecule has 0 aliphatic rings. The molecular formula is C15H17ClN4. The highest BCUT2D eigenvalue weighted by Crippen LogP contribution is 2.05. The molecule has 0 radical (unpaired) electrons. The van der Waals surface area contributed by atoms with Gasteiger partial charge < -0.3 is 11.1 Å². The Balaban J connectivity index is 1.75. The lowest BCUT2D eigenvalue weighted by molar-refractivity contribution is 0.847. The molecule has 2 rings (SSSR count). The van der Waals surface area contributed by atoms with Crippen LogP contribution in [0.3, 0.4) is 0 Å². The first-order chi connectivity index (χ1) is 9.74. The lowest BCUT2D eigenvalue weighted by atomic mass is 10.1. The number of aliphatic imine (C=N–C) groups is 1. The average molecular weight is 289 g/mol. The molecule has 3 N–H and O–H groups in total. The molecule has 0 aliphatic heterocycles. The van der Waals surface area contributed by atoms with Gasteiger partial charge in [0.15, 0.2) is 5.96 Å². The molecule has 1 aromatic carbocycles. The van der Waals surface area contributed by atoms with Crippen LogP contribution in [0.4, 0.5) is 0 Å². The van der Waals surface area contributed by atoms with Crippen molar-refractivity contribution in [2.24, 2.45) is 10.7 Å². The van der Waals surface area contributed by atoms with Crippen LogP contribution in [-0.4, -0.2) is 17.5 Å². The molecule has 0 atom stereocenters. The van der Waals surface area contributed by atoms with Crippen LogP contribution in [0.25, 0.3) is 0 Å². The van der Waals surface area contributed by atoms with Gasteiger partial charge in [-0.15, -0.1) is 0 Å². The molecule has 104 valence electrons. The van der Waals surface area contributed by atoms with E-state index in [0.717, 1.165) is 18.5 Å². The van der Waals surface area contributed by atoms with Crippen molar-refractivity contribution in [1.82, 2.24) is 10.3 Å². The summed E-state index contributed by atoms with van der Waals surface area (Å²) in [5, 5.41) is 3.57. The highest BCUT2D eigenvalue weighted by Gasteiger charge is 1.96. The number of hydrogen-bond acceptors (Lipinski definition) is 2. The van der Waals surface area contributed by atoms with Gasteiger partial charge in [-0.1, -0.05) is 48.0 Å². The molecule has 5 heteroatoms. The molecular weight excluding hydrogens is 272 g/mol. The summed E-state index contributed by atoms with van der Waals surface area (Å²) in [6.45, 7) is 1.26. The molecule has 0 spiro atoms. The van der Waals surface area contributed by atoms with E-state index >= 15 is 0 Å². The van der Waals surface area contributed by atoms with Gasteiger partial charge in [0.05, 0.1) is 6.54 Å². The van der Waals surface area contributed by atoms with Gasteiger partial charge >= 0.3 is 0 Å². The largest absolute Gasteiger partial charge is 0.370 e. The highest BCUT2D eigenvalue weighted by atomic mass is 35.5. The fourth-order valence-corrected chi connectivity index (χ4v) is 1.82. The summed E-state index contributed by atoms with van der Waals surface area (Å²) in [6.07, 6.45) is 2.61. The Labute approximate surface area is 123 Å². The van der Waals surface area contributed by atoms with Crippen molar-refractivity contribution in [2.75, 3.05) is 6.54 Å². The maximum Gasteiger partial charge on any atom is 0.188 e. The predicted octanol–water partition coefficient (Wildman–Crippen LogP) is 2.38. The zero-order chi connectivity index (χ0) is 14.2. The molecule has 1 heterocycles. The Morgan fingerprint density at radius 2 is 1.95 bits per heavy atom. The number of nitrogens with two attached hydrogens (primary N) is 1. The minimum absolute atomic E-state index is 0.441. The Hall–Kier alpha value is -2.07. The van der Waals surface area contributed by atoms with Crippen LogP contribution in [0.15, 0.2) is 53.7 Å². The molecule has 2 aromatic rings. The zero-order valence-corrected chi connectivity index (χ0v) is 11.8. The summed E-state index contributed by atoms with van der Waals surface area (Å²) in [4.78, 5) is 8.25. The molecule has 0 bridgehead atoms. The van der Waals surface area contributed by atoms with Crippen molar-refractivity contribution >= 4 is 17.6 Å². The van der Waals surface area contributed by atoms with Gasteiger partial charge in [0, 0.05) is 12.7 Å². The molecule has 0 amide bonds. The molecule has 0 aliphatic carbocycles. The first-order valence-electron chi connectivity index (χ1n) is 6.42. The average Bonchev–Trinajstić information content (AvgIpc) is 2.48. The monoisotopic (exact) mass is 288 g/mol. The van der Waals surface area contributed by atoms with Crippen LogP contribution in [0.2, 0.25) is 5.15 Å².